The van der Waals surface area contributed by atoms with Crippen molar-refractivity contribution in [2.45, 2.75) is 51.5 Å². The van der Waals surface area contributed by atoms with Gasteiger partial charge in [-0.05, 0) is 68.5 Å². The number of aromatic nitrogens is 1. The largest absolute Gasteiger partial charge is 0.490 e. The monoisotopic (exact) mass is 433 g/mol. The van der Waals surface area contributed by atoms with Crippen LogP contribution >= 0.6 is 0 Å². The van der Waals surface area contributed by atoms with Gasteiger partial charge in [0.25, 0.3) is 0 Å². The number of para-hydroxylation sites is 1. The molecule has 1 aliphatic rings. The third-order valence-corrected chi connectivity index (χ3v) is 5.58. The Labute approximate surface area is 189 Å². The van der Waals surface area contributed by atoms with Crippen LogP contribution in [0.25, 0.3) is 0 Å². The predicted octanol–water partition coefficient (Wildman–Crippen LogP) is 5.43. The second-order valence-electron chi connectivity index (χ2n) is 8.08. The second-order valence-corrected chi connectivity index (χ2v) is 8.08. The molecule has 168 valence electrons. The van der Waals surface area contributed by atoms with Gasteiger partial charge in [0.2, 0.25) is 5.75 Å². The summed E-state index contributed by atoms with van der Waals surface area (Å²) < 4.78 is 18.3. The van der Waals surface area contributed by atoms with E-state index in [1.165, 1.54) is 12.8 Å². The molecule has 6 nitrogen and oxygen atoms in total. The van der Waals surface area contributed by atoms with Crippen molar-refractivity contribution in [2.24, 2.45) is 5.73 Å². The zero-order chi connectivity index (χ0) is 22.3. The van der Waals surface area contributed by atoms with Gasteiger partial charge >= 0.3 is 0 Å². The fourth-order valence-corrected chi connectivity index (χ4v) is 4.12. The van der Waals surface area contributed by atoms with Crippen LogP contribution in [0.15, 0.2) is 67.0 Å². The number of nitrogens with zero attached hydrogens (tertiary/aromatic N) is 2. The fourth-order valence-electron chi connectivity index (χ4n) is 4.12. The van der Waals surface area contributed by atoms with E-state index >= 15 is 0 Å². The third-order valence-electron chi connectivity index (χ3n) is 5.58. The highest BCUT2D eigenvalue weighted by Crippen LogP contribution is 2.48. The van der Waals surface area contributed by atoms with Gasteiger partial charge in [0.1, 0.15) is 6.23 Å². The summed E-state index contributed by atoms with van der Waals surface area (Å²) >= 11 is 0. The number of nitrogens with two attached hydrogens (primary N) is 1. The van der Waals surface area contributed by atoms with Crippen LogP contribution in [0.5, 0.6) is 17.2 Å². The fraction of sp³-hybridized carbons (Fsp3) is 0.346. The minimum absolute atomic E-state index is 0.157. The van der Waals surface area contributed by atoms with Crippen molar-refractivity contribution in [3.05, 3.63) is 72.6 Å². The Bertz CT molecular complexity index is 990. The maximum Gasteiger partial charge on any atom is 0.205 e. The normalized spacial score (nSPS) is 14.7. The highest BCUT2D eigenvalue weighted by molar-refractivity contribution is 5.75. The number of methoxy groups -OCH3 is 1. The molecule has 1 unspecified atom stereocenters. The zero-order valence-electron chi connectivity index (χ0n) is 18.7. The highest BCUT2D eigenvalue weighted by atomic mass is 16.5. The quantitative estimate of drug-likeness (QED) is 0.454. The van der Waals surface area contributed by atoms with Crippen LogP contribution in [0.1, 0.15) is 38.2 Å². The molecule has 0 bridgehead atoms. The molecule has 0 saturated heterocycles. The smallest absolute Gasteiger partial charge is 0.205 e. The van der Waals surface area contributed by atoms with E-state index in [0.29, 0.717) is 23.8 Å². The molecule has 1 aromatic heterocycles. The van der Waals surface area contributed by atoms with Gasteiger partial charge < -0.3 is 19.1 Å². The third kappa shape index (κ3) is 5.14. The molecule has 32 heavy (non-hydrogen) atoms. The molecule has 1 atom stereocenters. The van der Waals surface area contributed by atoms with E-state index in [9.17, 15) is 0 Å². The summed E-state index contributed by atoms with van der Waals surface area (Å²) in [6.45, 7) is 2.43. The average Bonchev–Trinajstić information content (AvgIpc) is 3.32. The molecule has 0 amide bonds. The molecular weight excluding hydrogens is 402 g/mol. The van der Waals surface area contributed by atoms with E-state index in [2.05, 4.69) is 28.1 Å². The Hall–Kier alpha value is -3.25. The number of ether oxygens (including phenoxy) is 3. The van der Waals surface area contributed by atoms with Crippen molar-refractivity contribution < 1.29 is 14.2 Å². The Morgan fingerprint density at radius 3 is 2.47 bits per heavy atom. The molecule has 6 heteroatoms. The van der Waals surface area contributed by atoms with E-state index in [4.69, 9.17) is 19.9 Å². The topological polar surface area (TPSA) is 69.8 Å². The molecule has 1 heterocycles. The summed E-state index contributed by atoms with van der Waals surface area (Å²) in [5.74, 6) is 1.83. The van der Waals surface area contributed by atoms with E-state index < -0.39 is 6.23 Å². The lowest BCUT2D eigenvalue weighted by Crippen LogP contribution is -2.24. The lowest BCUT2D eigenvalue weighted by atomic mass is 10.1. The molecule has 1 fully saturated rings. The minimum atomic E-state index is -0.463. The lowest BCUT2D eigenvalue weighted by molar-refractivity contribution is 0.189. The summed E-state index contributed by atoms with van der Waals surface area (Å²) in [5.41, 5.74) is 8.98. The Morgan fingerprint density at radius 1 is 1.03 bits per heavy atom. The standard InChI is InChI=1S/C26H31N3O3/c1-19(27)31-24-15-14-23(25(26(24)30-2)32-22-12-6-7-13-22)29(21-10-4-3-5-11-21)18-20-9-8-16-28-17-20/h3-5,8-11,14-17,19,22H,6-7,12-13,18,27H2,1-2H3. The number of hydrogen-bond acceptors (Lipinski definition) is 6. The average molecular weight is 434 g/mol. The van der Waals surface area contributed by atoms with Crippen molar-refractivity contribution in [3.8, 4) is 17.2 Å². The molecule has 1 saturated carbocycles. The van der Waals surface area contributed by atoms with Crippen LogP contribution in [0.2, 0.25) is 0 Å². The van der Waals surface area contributed by atoms with Crippen LogP contribution in [0, 0.1) is 0 Å². The molecule has 4 rings (SSSR count). The first-order valence-electron chi connectivity index (χ1n) is 11.2. The lowest BCUT2D eigenvalue weighted by Gasteiger charge is -2.30. The van der Waals surface area contributed by atoms with Gasteiger partial charge in [0.05, 0.1) is 18.9 Å². The van der Waals surface area contributed by atoms with Crippen LogP contribution in [0.4, 0.5) is 11.4 Å². The van der Waals surface area contributed by atoms with E-state index in [0.717, 1.165) is 29.8 Å². The van der Waals surface area contributed by atoms with Crippen molar-refractivity contribution in [3.63, 3.8) is 0 Å². The van der Waals surface area contributed by atoms with Gasteiger partial charge in [0, 0.05) is 24.6 Å². The van der Waals surface area contributed by atoms with Gasteiger partial charge in [-0.3, -0.25) is 10.7 Å². The molecular formula is C26H31N3O3. The van der Waals surface area contributed by atoms with Gasteiger partial charge in [0.15, 0.2) is 11.5 Å². The second kappa shape index (κ2) is 10.4. The Balaban J connectivity index is 1.82. The molecule has 0 aliphatic heterocycles. The molecule has 2 aromatic carbocycles. The van der Waals surface area contributed by atoms with Gasteiger partial charge in [-0.15, -0.1) is 0 Å². The molecule has 3 aromatic rings. The molecule has 1 aliphatic carbocycles. The van der Waals surface area contributed by atoms with Crippen molar-refractivity contribution >= 4 is 11.4 Å². The first-order chi connectivity index (χ1) is 15.7. The number of hydrogen-bond donors (Lipinski definition) is 1. The molecule has 2 N–H and O–H groups in total. The molecule has 0 spiro atoms. The summed E-state index contributed by atoms with van der Waals surface area (Å²) in [6, 6.07) is 18.2. The first kappa shape index (κ1) is 22.0. The number of benzene rings is 2. The summed E-state index contributed by atoms with van der Waals surface area (Å²) in [7, 11) is 1.64. The van der Waals surface area contributed by atoms with E-state index in [1.54, 1.807) is 20.2 Å². The van der Waals surface area contributed by atoms with Gasteiger partial charge in [-0.2, -0.15) is 0 Å². The summed E-state index contributed by atoms with van der Waals surface area (Å²) in [4.78, 5) is 6.52. The molecule has 0 radical (unpaired) electrons. The zero-order valence-corrected chi connectivity index (χ0v) is 18.7. The Morgan fingerprint density at radius 2 is 1.81 bits per heavy atom. The SMILES string of the molecule is COc1c(OC(C)N)ccc(N(Cc2cccnc2)c2ccccc2)c1OC1CCCC1. The maximum atomic E-state index is 6.59. The highest BCUT2D eigenvalue weighted by Gasteiger charge is 2.27. The summed E-state index contributed by atoms with van der Waals surface area (Å²) in [6.07, 6.45) is 7.79. The van der Waals surface area contributed by atoms with Gasteiger partial charge in [-0.25, -0.2) is 0 Å². The van der Waals surface area contributed by atoms with Crippen molar-refractivity contribution in [1.29, 1.82) is 0 Å². The minimum Gasteiger partial charge on any atom is -0.490 e. The van der Waals surface area contributed by atoms with E-state index in [1.807, 2.05) is 42.6 Å². The first-order valence-corrected chi connectivity index (χ1v) is 11.2. The predicted molar refractivity (Wildman–Crippen MR) is 127 cm³/mol. The number of pyridine rings is 1. The van der Waals surface area contributed by atoms with Crippen molar-refractivity contribution in [2.75, 3.05) is 12.0 Å². The maximum absolute atomic E-state index is 6.59. The van der Waals surface area contributed by atoms with Crippen LogP contribution in [-0.4, -0.2) is 24.4 Å². The number of rotatable bonds is 9. The van der Waals surface area contributed by atoms with Crippen LogP contribution in [0.3, 0.4) is 0 Å². The van der Waals surface area contributed by atoms with Crippen molar-refractivity contribution in [1.82, 2.24) is 4.98 Å². The van der Waals surface area contributed by atoms with E-state index in [-0.39, 0.29) is 6.10 Å². The Kier molecular flexibility index (Phi) is 7.12. The summed E-state index contributed by atoms with van der Waals surface area (Å²) in [5, 5.41) is 0. The van der Waals surface area contributed by atoms with Crippen LogP contribution in [-0.2, 0) is 6.54 Å². The number of anilines is 2. The van der Waals surface area contributed by atoms with Crippen LogP contribution < -0.4 is 24.8 Å². The van der Waals surface area contributed by atoms with Gasteiger partial charge in [-0.1, -0.05) is 24.3 Å².